The minimum Gasteiger partial charge on any atom is -0.336 e. The van der Waals surface area contributed by atoms with Gasteiger partial charge >= 0.3 is 0 Å². The molecule has 21 heavy (non-hydrogen) atoms. The number of benzene rings is 1. The predicted molar refractivity (Wildman–Crippen MR) is 83.2 cm³/mol. The summed E-state index contributed by atoms with van der Waals surface area (Å²) in [5.74, 6) is -1.48. The third-order valence-electron chi connectivity index (χ3n) is 3.04. The van der Waals surface area contributed by atoms with Gasteiger partial charge in [-0.1, -0.05) is 15.9 Å². The molecule has 1 saturated heterocycles. The van der Waals surface area contributed by atoms with Crippen LogP contribution >= 0.6 is 28.3 Å². The maximum atomic E-state index is 14.3. The highest BCUT2D eigenvalue weighted by atomic mass is 79.9. The van der Waals surface area contributed by atoms with Gasteiger partial charge in [-0.15, -0.1) is 12.4 Å². The Morgan fingerprint density at radius 3 is 2.43 bits per heavy atom. The van der Waals surface area contributed by atoms with Gasteiger partial charge < -0.3 is 10.2 Å². The van der Waals surface area contributed by atoms with Gasteiger partial charge in [0.05, 0.1) is 5.56 Å². The van der Waals surface area contributed by atoms with Crippen molar-refractivity contribution in [1.29, 1.82) is 0 Å². The van der Waals surface area contributed by atoms with E-state index in [0.29, 0.717) is 30.7 Å². The molecule has 1 aromatic carbocycles. The maximum Gasteiger partial charge on any atom is 0.257 e. The van der Waals surface area contributed by atoms with Crippen molar-refractivity contribution >= 4 is 44.1 Å². The Kier molecular flexibility index (Phi) is 6.15. The second kappa shape index (κ2) is 7.04. The van der Waals surface area contributed by atoms with Crippen LogP contribution in [0.1, 0.15) is 10.4 Å². The fraction of sp³-hybridized carbons (Fsp3) is 0.417. The van der Waals surface area contributed by atoms with Gasteiger partial charge in [0.15, 0.2) is 15.7 Å². The molecule has 0 bridgehead atoms. The molecular formula is C12H15BrClFN2O3S. The number of halogens is 3. The zero-order valence-electron chi connectivity index (χ0n) is 11.2. The molecule has 0 saturated carbocycles. The fourth-order valence-electron chi connectivity index (χ4n) is 2.03. The van der Waals surface area contributed by atoms with E-state index in [2.05, 4.69) is 21.2 Å². The Labute approximate surface area is 137 Å². The fourth-order valence-corrected chi connectivity index (χ4v) is 3.41. The average molecular weight is 402 g/mol. The second-order valence-electron chi connectivity index (χ2n) is 4.58. The van der Waals surface area contributed by atoms with Crippen LogP contribution in [0.2, 0.25) is 0 Å². The van der Waals surface area contributed by atoms with Crippen LogP contribution in [0.15, 0.2) is 21.5 Å². The van der Waals surface area contributed by atoms with Crippen molar-refractivity contribution in [2.75, 3.05) is 32.4 Å². The standard InChI is InChI=1S/C12H14BrFN2O3S.ClH/c1-20(18,19)10-7-8(13)6-9(11(10)14)12(17)16-4-2-15-3-5-16;/h6-7,15H,2-5H2,1H3;1H. The van der Waals surface area contributed by atoms with Crippen LogP contribution in [0, 0.1) is 5.82 Å². The van der Waals surface area contributed by atoms with Crippen molar-refractivity contribution in [1.82, 2.24) is 10.2 Å². The summed E-state index contributed by atoms with van der Waals surface area (Å²) in [4.78, 5) is 13.3. The topological polar surface area (TPSA) is 66.5 Å². The van der Waals surface area contributed by atoms with E-state index in [1.165, 1.54) is 17.0 Å². The summed E-state index contributed by atoms with van der Waals surface area (Å²) in [6, 6.07) is 2.48. The van der Waals surface area contributed by atoms with E-state index in [0.717, 1.165) is 6.26 Å². The zero-order chi connectivity index (χ0) is 14.9. The van der Waals surface area contributed by atoms with E-state index in [4.69, 9.17) is 0 Å². The number of nitrogens with zero attached hydrogens (tertiary/aromatic N) is 1. The average Bonchev–Trinajstić information content (AvgIpc) is 2.40. The van der Waals surface area contributed by atoms with Crippen LogP contribution < -0.4 is 5.32 Å². The van der Waals surface area contributed by atoms with Crippen molar-refractivity contribution < 1.29 is 17.6 Å². The molecule has 118 valence electrons. The lowest BCUT2D eigenvalue weighted by Gasteiger charge is -2.27. The molecule has 0 radical (unpaired) electrons. The van der Waals surface area contributed by atoms with Crippen molar-refractivity contribution in [2.24, 2.45) is 0 Å². The lowest BCUT2D eigenvalue weighted by Crippen LogP contribution is -2.46. The van der Waals surface area contributed by atoms with Gasteiger partial charge in [0.2, 0.25) is 0 Å². The molecule has 2 rings (SSSR count). The van der Waals surface area contributed by atoms with E-state index in [-0.39, 0.29) is 18.0 Å². The van der Waals surface area contributed by atoms with Crippen LogP contribution in [-0.2, 0) is 9.84 Å². The molecule has 1 amide bonds. The number of carbonyl (C=O) groups is 1. The van der Waals surface area contributed by atoms with Crippen molar-refractivity contribution in [2.45, 2.75) is 4.90 Å². The lowest BCUT2D eigenvalue weighted by atomic mass is 10.1. The number of nitrogens with one attached hydrogen (secondary N) is 1. The van der Waals surface area contributed by atoms with Crippen LogP contribution in [0.25, 0.3) is 0 Å². The van der Waals surface area contributed by atoms with E-state index < -0.39 is 26.5 Å². The summed E-state index contributed by atoms with van der Waals surface area (Å²) in [7, 11) is -3.73. The molecule has 1 aromatic rings. The summed E-state index contributed by atoms with van der Waals surface area (Å²) >= 11 is 3.12. The molecule has 0 atom stereocenters. The van der Waals surface area contributed by atoms with Crippen molar-refractivity contribution in [3.63, 3.8) is 0 Å². The molecule has 0 aliphatic carbocycles. The van der Waals surface area contributed by atoms with E-state index >= 15 is 0 Å². The molecule has 1 heterocycles. The van der Waals surface area contributed by atoms with Crippen LogP contribution in [-0.4, -0.2) is 51.7 Å². The number of amides is 1. The zero-order valence-corrected chi connectivity index (χ0v) is 14.4. The van der Waals surface area contributed by atoms with E-state index in [1.54, 1.807) is 0 Å². The van der Waals surface area contributed by atoms with Gasteiger partial charge in [-0.2, -0.15) is 0 Å². The Balaban J connectivity index is 0.00000220. The molecule has 0 unspecified atom stereocenters. The Morgan fingerprint density at radius 1 is 1.33 bits per heavy atom. The molecule has 5 nitrogen and oxygen atoms in total. The van der Waals surface area contributed by atoms with Crippen molar-refractivity contribution in [3.05, 3.63) is 28.0 Å². The summed E-state index contributed by atoms with van der Waals surface area (Å²) < 4.78 is 37.8. The highest BCUT2D eigenvalue weighted by Crippen LogP contribution is 2.25. The number of sulfone groups is 1. The quantitative estimate of drug-likeness (QED) is 0.815. The highest BCUT2D eigenvalue weighted by Gasteiger charge is 2.26. The van der Waals surface area contributed by atoms with Gasteiger partial charge in [0.25, 0.3) is 5.91 Å². The minimum absolute atomic E-state index is 0. The Hall–Kier alpha value is -0.700. The summed E-state index contributed by atoms with van der Waals surface area (Å²) in [5.41, 5.74) is -0.221. The third-order valence-corrected chi connectivity index (χ3v) is 4.59. The Morgan fingerprint density at radius 2 is 1.90 bits per heavy atom. The summed E-state index contributed by atoms with van der Waals surface area (Å²) in [6.07, 6.45) is 0.914. The predicted octanol–water partition coefficient (Wildman–Crippen LogP) is 1.46. The molecular weight excluding hydrogens is 387 g/mol. The minimum atomic E-state index is -3.73. The van der Waals surface area contributed by atoms with E-state index in [9.17, 15) is 17.6 Å². The van der Waals surface area contributed by atoms with Crippen LogP contribution in [0.4, 0.5) is 4.39 Å². The first-order valence-corrected chi connectivity index (χ1v) is 8.68. The Bertz CT molecular complexity index is 648. The first kappa shape index (κ1) is 18.3. The largest absolute Gasteiger partial charge is 0.336 e. The molecule has 1 N–H and O–H groups in total. The lowest BCUT2D eigenvalue weighted by molar-refractivity contribution is 0.0730. The van der Waals surface area contributed by atoms with E-state index in [1.807, 2.05) is 0 Å². The number of carbonyl (C=O) groups excluding carboxylic acids is 1. The molecule has 1 aliphatic heterocycles. The summed E-state index contributed by atoms with van der Waals surface area (Å²) in [5, 5.41) is 3.09. The molecule has 0 aromatic heterocycles. The first-order valence-electron chi connectivity index (χ1n) is 6.00. The number of hydrogen-bond acceptors (Lipinski definition) is 4. The highest BCUT2D eigenvalue weighted by molar-refractivity contribution is 9.10. The van der Waals surface area contributed by atoms with Gasteiger partial charge in [-0.05, 0) is 12.1 Å². The van der Waals surface area contributed by atoms with Gasteiger partial charge in [0.1, 0.15) is 4.90 Å². The van der Waals surface area contributed by atoms with Crippen molar-refractivity contribution in [3.8, 4) is 0 Å². The maximum absolute atomic E-state index is 14.3. The number of rotatable bonds is 2. The number of hydrogen-bond donors (Lipinski definition) is 1. The number of piperazine rings is 1. The smallest absolute Gasteiger partial charge is 0.257 e. The van der Waals surface area contributed by atoms with Gasteiger partial charge in [0, 0.05) is 36.9 Å². The van der Waals surface area contributed by atoms with Crippen LogP contribution in [0.3, 0.4) is 0 Å². The summed E-state index contributed by atoms with van der Waals surface area (Å²) in [6.45, 7) is 2.22. The molecule has 9 heteroatoms. The first-order chi connectivity index (χ1) is 9.30. The normalized spacial score (nSPS) is 15.5. The molecule has 0 spiro atoms. The van der Waals surface area contributed by atoms with Gasteiger partial charge in [-0.25, -0.2) is 12.8 Å². The molecule has 1 fully saturated rings. The third kappa shape index (κ3) is 4.15. The van der Waals surface area contributed by atoms with Crippen LogP contribution in [0.5, 0.6) is 0 Å². The second-order valence-corrected chi connectivity index (χ2v) is 7.48. The SMILES string of the molecule is CS(=O)(=O)c1cc(Br)cc(C(=O)N2CCNCC2)c1F.Cl. The molecule has 1 aliphatic rings. The monoisotopic (exact) mass is 400 g/mol. The van der Waals surface area contributed by atoms with Gasteiger partial charge in [-0.3, -0.25) is 4.79 Å².